The van der Waals surface area contributed by atoms with Crippen molar-refractivity contribution >= 4 is 0 Å². The molecule has 0 heteroatoms. The van der Waals surface area contributed by atoms with Crippen molar-refractivity contribution in [1.82, 2.24) is 0 Å². The molecular weight excluding hydrogens is 432 g/mol. The van der Waals surface area contributed by atoms with Crippen LogP contribution in [-0.2, 0) is 0 Å². The lowest BCUT2D eigenvalue weighted by Gasteiger charge is -2.16. The summed E-state index contributed by atoms with van der Waals surface area (Å²) in [4.78, 5) is 0. The lowest BCUT2D eigenvalue weighted by Crippen LogP contribution is -2.00. The largest absolute Gasteiger partial charge is 0.0654 e. The monoisotopic (exact) mass is 506 g/mol. The van der Waals surface area contributed by atoms with E-state index in [-0.39, 0.29) is 0 Å². The fraction of sp³-hybridized carbons (Fsp3) is 0.972. The van der Waals surface area contributed by atoms with Gasteiger partial charge in [-0.15, -0.1) is 0 Å². The van der Waals surface area contributed by atoms with Crippen molar-refractivity contribution < 1.29 is 0 Å². The van der Waals surface area contributed by atoms with Crippen LogP contribution in [-0.4, -0.2) is 0 Å². The van der Waals surface area contributed by atoms with E-state index in [4.69, 9.17) is 0 Å². The van der Waals surface area contributed by atoms with E-state index in [2.05, 4.69) is 20.8 Å². The molecule has 0 aliphatic carbocycles. The molecule has 1 unspecified atom stereocenters. The fourth-order valence-electron chi connectivity index (χ4n) is 5.98. The minimum Gasteiger partial charge on any atom is -0.0654 e. The molecule has 0 amide bonds. The molecule has 0 aliphatic heterocycles. The van der Waals surface area contributed by atoms with E-state index in [1.165, 1.54) is 199 Å². The molecule has 1 radical (unpaired) electrons. The van der Waals surface area contributed by atoms with Crippen molar-refractivity contribution in [2.24, 2.45) is 5.92 Å². The highest BCUT2D eigenvalue weighted by molar-refractivity contribution is 4.62. The molecule has 0 nitrogen and oxygen atoms in total. The molecule has 0 aromatic carbocycles. The van der Waals surface area contributed by atoms with E-state index >= 15 is 0 Å². The Morgan fingerprint density at radius 3 is 0.750 bits per heavy atom. The number of rotatable bonds is 32. The quantitative estimate of drug-likeness (QED) is 0.0797. The van der Waals surface area contributed by atoms with Gasteiger partial charge in [0.25, 0.3) is 0 Å². The van der Waals surface area contributed by atoms with Crippen LogP contribution >= 0.6 is 0 Å². The van der Waals surface area contributed by atoms with Gasteiger partial charge in [0.1, 0.15) is 0 Å². The van der Waals surface area contributed by atoms with E-state index in [0.717, 1.165) is 12.3 Å². The Bertz CT molecular complexity index is 359. The molecule has 0 spiro atoms. The summed E-state index contributed by atoms with van der Waals surface area (Å²) in [5, 5.41) is 0. The Hall–Kier alpha value is 0. The predicted octanol–water partition coefficient (Wildman–Crippen LogP) is 14.0. The molecule has 0 N–H and O–H groups in total. The van der Waals surface area contributed by atoms with Crippen LogP contribution in [0, 0.1) is 12.8 Å². The zero-order valence-electron chi connectivity index (χ0n) is 25.9. The maximum Gasteiger partial charge on any atom is -0.0414 e. The SMILES string of the molecule is [CH2]CCC(CCCCCCCCCCCC)CCCCCCCCCCCCCCCCCCCC. The van der Waals surface area contributed by atoms with Gasteiger partial charge >= 0.3 is 0 Å². The second kappa shape index (κ2) is 33.0. The molecule has 0 aromatic heterocycles. The second-order valence-electron chi connectivity index (χ2n) is 12.3. The average molecular weight is 506 g/mol. The van der Waals surface area contributed by atoms with Crippen molar-refractivity contribution in [2.75, 3.05) is 0 Å². The number of unbranched alkanes of at least 4 members (excludes halogenated alkanes) is 26. The van der Waals surface area contributed by atoms with Crippen molar-refractivity contribution in [3.05, 3.63) is 6.92 Å². The van der Waals surface area contributed by atoms with E-state index < -0.39 is 0 Å². The predicted molar refractivity (Wildman–Crippen MR) is 168 cm³/mol. The van der Waals surface area contributed by atoms with Crippen LogP contribution in [0.3, 0.4) is 0 Å². The molecule has 0 fully saturated rings. The lowest BCUT2D eigenvalue weighted by atomic mass is 9.90. The summed E-state index contributed by atoms with van der Waals surface area (Å²) < 4.78 is 0. The van der Waals surface area contributed by atoms with Gasteiger partial charge in [0.2, 0.25) is 0 Å². The Labute approximate surface area is 232 Å². The average Bonchev–Trinajstić information content (AvgIpc) is 2.89. The standard InChI is InChI=1S/C36H73/c1-4-7-9-11-13-15-17-18-19-20-21-22-23-24-26-28-30-32-35-36(33-6-3)34-31-29-27-25-16-14-12-10-8-5-2/h36H,3-35H2,1-2H3. The smallest absolute Gasteiger partial charge is 0.0414 e. The zero-order chi connectivity index (χ0) is 26.2. The molecule has 0 aliphatic rings. The summed E-state index contributed by atoms with van der Waals surface area (Å²) in [5.74, 6) is 0.970. The van der Waals surface area contributed by atoms with Crippen LogP contribution in [0.2, 0.25) is 0 Å². The van der Waals surface area contributed by atoms with Gasteiger partial charge in [-0.1, -0.05) is 226 Å². The first-order chi connectivity index (χ1) is 17.8. The third-order valence-corrected chi connectivity index (χ3v) is 8.54. The Balaban J connectivity index is 3.33. The van der Waals surface area contributed by atoms with Crippen molar-refractivity contribution in [3.63, 3.8) is 0 Å². The van der Waals surface area contributed by atoms with Crippen molar-refractivity contribution in [1.29, 1.82) is 0 Å². The summed E-state index contributed by atoms with van der Waals surface area (Å²) in [5.41, 5.74) is 0. The summed E-state index contributed by atoms with van der Waals surface area (Å²) in [6.07, 6.45) is 46.6. The van der Waals surface area contributed by atoms with Gasteiger partial charge in [0.15, 0.2) is 0 Å². The van der Waals surface area contributed by atoms with Crippen LogP contribution in [0.4, 0.5) is 0 Å². The van der Waals surface area contributed by atoms with Crippen LogP contribution in [0.1, 0.15) is 219 Å². The molecule has 36 heavy (non-hydrogen) atoms. The highest BCUT2D eigenvalue weighted by Crippen LogP contribution is 2.23. The Morgan fingerprint density at radius 1 is 0.306 bits per heavy atom. The Morgan fingerprint density at radius 2 is 0.528 bits per heavy atom. The van der Waals surface area contributed by atoms with Gasteiger partial charge in [0, 0.05) is 0 Å². The van der Waals surface area contributed by atoms with Gasteiger partial charge in [-0.2, -0.15) is 0 Å². The molecule has 217 valence electrons. The normalized spacial score (nSPS) is 12.4. The molecule has 0 saturated carbocycles. The van der Waals surface area contributed by atoms with Gasteiger partial charge in [-0.3, -0.25) is 0 Å². The molecular formula is C36H73. The number of hydrogen-bond donors (Lipinski definition) is 0. The molecule has 0 saturated heterocycles. The topological polar surface area (TPSA) is 0 Å². The highest BCUT2D eigenvalue weighted by Gasteiger charge is 2.07. The lowest BCUT2D eigenvalue weighted by molar-refractivity contribution is 0.381. The fourth-order valence-corrected chi connectivity index (χ4v) is 5.98. The van der Waals surface area contributed by atoms with E-state index in [9.17, 15) is 0 Å². The first-order valence-corrected chi connectivity index (χ1v) is 17.6. The zero-order valence-corrected chi connectivity index (χ0v) is 25.9. The van der Waals surface area contributed by atoms with Crippen molar-refractivity contribution in [2.45, 2.75) is 219 Å². The van der Waals surface area contributed by atoms with E-state index in [1.807, 2.05) is 0 Å². The summed E-state index contributed by atoms with van der Waals surface area (Å²) in [7, 11) is 0. The minimum atomic E-state index is 0.970. The summed E-state index contributed by atoms with van der Waals surface area (Å²) in [6.45, 7) is 8.77. The summed E-state index contributed by atoms with van der Waals surface area (Å²) >= 11 is 0. The molecule has 0 rings (SSSR count). The first-order valence-electron chi connectivity index (χ1n) is 17.6. The van der Waals surface area contributed by atoms with Gasteiger partial charge < -0.3 is 0 Å². The van der Waals surface area contributed by atoms with E-state index in [0.29, 0.717) is 0 Å². The van der Waals surface area contributed by atoms with Crippen LogP contribution < -0.4 is 0 Å². The van der Waals surface area contributed by atoms with Crippen molar-refractivity contribution in [3.8, 4) is 0 Å². The molecule has 0 aromatic rings. The van der Waals surface area contributed by atoms with E-state index in [1.54, 1.807) is 0 Å². The maximum absolute atomic E-state index is 4.15. The number of hydrogen-bond acceptors (Lipinski definition) is 0. The van der Waals surface area contributed by atoms with Gasteiger partial charge in [0.05, 0.1) is 0 Å². The minimum absolute atomic E-state index is 0.970. The Kier molecular flexibility index (Phi) is 33.0. The van der Waals surface area contributed by atoms with Crippen LogP contribution in [0.25, 0.3) is 0 Å². The highest BCUT2D eigenvalue weighted by atomic mass is 14.1. The van der Waals surface area contributed by atoms with Crippen LogP contribution in [0.5, 0.6) is 0 Å². The second-order valence-corrected chi connectivity index (χ2v) is 12.3. The molecule has 0 heterocycles. The maximum atomic E-state index is 4.15. The first kappa shape index (κ1) is 36.0. The van der Waals surface area contributed by atoms with Gasteiger partial charge in [-0.25, -0.2) is 0 Å². The summed E-state index contributed by atoms with van der Waals surface area (Å²) in [6, 6.07) is 0. The van der Waals surface area contributed by atoms with Crippen LogP contribution in [0.15, 0.2) is 0 Å². The van der Waals surface area contributed by atoms with Gasteiger partial charge in [-0.05, 0) is 5.92 Å². The third-order valence-electron chi connectivity index (χ3n) is 8.54. The molecule has 0 bridgehead atoms. The molecule has 1 atom stereocenters. The third kappa shape index (κ3) is 30.2.